The summed E-state index contributed by atoms with van der Waals surface area (Å²) in [5.41, 5.74) is 2.05. The lowest BCUT2D eigenvalue weighted by atomic mass is 10.00. The highest BCUT2D eigenvalue weighted by atomic mass is 16.5. The molecule has 1 aliphatic carbocycles. The highest BCUT2D eigenvalue weighted by Crippen LogP contribution is 2.31. The predicted molar refractivity (Wildman–Crippen MR) is 59.4 cm³/mol. The second kappa shape index (κ2) is 4.05. The standard InChI is InChI=1S/C13H16O2/c1-3-4-9-7-10-8-11(15-2)5-6-12(10)13(9)14/h5-6,8-9H,3-4,7H2,1-2H3/t9-/m1/s1. The molecule has 2 heteroatoms. The number of hydrogen-bond donors (Lipinski definition) is 0. The number of methoxy groups -OCH3 is 1. The summed E-state index contributed by atoms with van der Waals surface area (Å²) in [6.45, 7) is 2.12. The second-order valence-electron chi connectivity index (χ2n) is 4.08. The van der Waals surface area contributed by atoms with E-state index < -0.39 is 0 Å². The van der Waals surface area contributed by atoms with Crippen LogP contribution in [0.4, 0.5) is 0 Å². The number of ether oxygens (including phenoxy) is 1. The number of hydrogen-bond acceptors (Lipinski definition) is 2. The highest BCUT2D eigenvalue weighted by Gasteiger charge is 2.29. The summed E-state index contributed by atoms with van der Waals surface area (Å²) < 4.78 is 5.16. The van der Waals surface area contributed by atoms with E-state index >= 15 is 0 Å². The lowest BCUT2D eigenvalue weighted by molar-refractivity contribution is 0.0930. The number of ketones is 1. The van der Waals surface area contributed by atoms with Crippen molar-refractivity contribution in [3.05, 3.63) is 29.3 Å². The van der Waals surface area contributed by atoms with E-state index in [1.165, 1.54) is 0 Å². The summed E-state index contributed by atoms with van der Waals surface area (Å²) in [6, 6.07) is 5.75. The number of rotatable bonds is 3. The fourth-order valence-electron chi connectivity index (χ4n) is 2.27. The molecule has 0 aliphatic heterocycles. The largest absolute Gasteiger partial charge is 0.497 e. The van der Waals surface area contributed by atoms with Crippen LogP contribution in [0.3, 0.4) is 0 Å². The molecule has 0 fully saturated rings. The first-order valence-electron chi connectivity index (χ1n) is 5.47. The fourth-order valence-corrected chi connectivity index (χ4v) is 2.27. The van der Waals surface area contributed by atoms with Gasteiger partial charge in [0.15, 0.2) is 5.78 Å². The van der Waals surface area contributed by atoms with E-state index in [9.17, 15) is 4.79 Å². The first kappa shape index (κ1) is 10.2. The molecule has 0 aromatic heterocycles. The van der Waals surface area contributed by atoms with Gasteiger partial charge in [-0.1, -0.05) is 13.3 Å². The molecule has 0 spiro atoms. The van der Waals surface area contributed by atoms with Gasteiger partial charge in [0.2, 0.25) is 0 Å². The number of fused-ring (bicyclic) bond motifs is 1. The van der Waals surface area contributed by atoms with Crippen LogP contribution in [0.15, 0.2) is 18.2 Å². The lowest BCUT2D eigenvalue weighted by Crippen LogP contribution is -2.07. The van der Waals surface area contributed by atoms with E-state index in [4.69, 9.17) is 4.74 Å². The van der Waals surface area contributed by atoms with Crippen molar-refractivity contribution >= 4 is 5.78 Å². The Balaban J connectivity index is 2.28. The quantitative estimate of drug-likeness (QED) is 0.756. The van der Waals surface area contributed by atoms with Gasteiger partial charge in [0.25, 0.3) is 0 Å². The average Bonchev–Trinajstić information content (AvgIpc) is 2.56. The third kappa shape index (κ3) is 1.76. The van der Waals surface area contributed by atoms with Crippen molar-refractivity contribution in [2.45, 2.75) is 26.2 Å². The molecular formula is C13H16O2. The van der Waals surface area contributed by atoms with Crippen LogP contribution in [0.5, 0.6) is 5.75 Å². The van der Waals surface area contributed by atoms with E-state index in [-0.39, 0.29) is 5.92 Å². The topological polar surface area (TPSA) is 26.3 Å². The Morgan fingerprint density at radius 2 is 2.27 bits per heavy atom. The van der Waals surface area contributed by atoms with Crippen molar-refractivity contribution in [1.82, 2.24) is 0 Å². The van der Waals surface area contributed by atoms with Gasteiger partial charge in [-0.25, -0.2) is 0 Å². The summed E-state index contributed by atoms with van der Waals surface area (Å²) in [6.07, 6.45) is 2.95. The SMILES string of the molecule is CCC[C@@H]1Cc2cc(OC)ccc2C1=O. The number of benzene rings is 1. The molecule has 1 aliphatic rings. The van der Waals surface area contributed by atoms with Crippen molar-refractivity contribution in [3.8, 4) is 5.75 Å². The molecule has 0 saturated heterocycles. The summed E-state index contributed by atoms with van der Waals surface area (Å²) in [5, 5.41) is 0. The van der Waals surface area contributed by atoms with Crippen molar-refractivity contribution in [2.24, 2.45) is 5.92 Å². The maximum Gasteiger partial charge on any atom is 0.166 e. The number of carbonyl (C=O) groups is 1. The van der Waals surface area contributed by atoms with E-state index in [0.717, 1.165) is 36.1 Å². The Hall–Kier alpha value is -1.31. The normalized spacial score (nSPS) is 19.1. The molecule has 80 valence electrons. The van der Waals surface area contributed by atoms with E-state index in [2.05, 4.69) is 6.92 Å². The van der Waals surface area contributed by atoms with Crippen molar-refractivity contribution < 1.29 is 9.53 Å². The van der Waals surface area contributed by atoms with Crippen molar-refractivity contribution in [2.75, 3.05) is 7.11 Å². The van der Waals surface area contributed by atoms with Crippen LogP contribution in [0.1, 0.15) is 35.7 Å². The summed E-state index contributed by atoms with van der Waals surface area (Å²) in [5.74, 6) is 1.37. The Morgan fingerprint density at radius 3 is 2.93 bits per heavy atom. The highest BCUT2D eigenvalue weighted by molar-refractivity contribution is 6.02. The molecule has 1 aromatic rings. The first-order valence-corrected chi connectivity index (χ1v) is 5.47. The third-order valence-corrected chi connectivity index (χ3v) is 3.05. The molecule has 1 atom stereocenters. The van der Waals surface area contributed by atoms with E-state index in [1.807, 2.05) is 18.2 Å². The van der Waals surface area contributed by atoms with Gasteiger partial charge in [-0.2, -0.15) is 0 Å². The smallest absolute Gasteiger partial charge is 0.166 e. The molecule has 0 unspecified atom stereocenters. The van der Waals surface area contributed by atoms with Crippen LogP contribution in [0.25, 0.3) is 0 Å². The Bertz CT molecular complexity index is 382. The molecule has 0 saturated carbocycles. The molecule has 0 bridgehead atoms. The molecule has 15 heavy (non-hydrogen) atoms. The van der Waals surface area contributed by atoms with Gasteiger partial charge in [0, 0.05) is 11.5 Å². The number of Topliss-reactive ketones (excluding diaryl/α,β-unsaturated/α-hetero) is 1. The van der Waals surface area contributed by atoms with Crippen LogP contribution < -0.4 is 4.74 Å². The van der Waals surface area contributed by atoms with Crippen molar-refractivity contribution in [3.63, 3.8) is 0 Å². The minimum Gasteiger partial charge on any atom is -0.497 e. The second-order valence-corrected chi connectivity index (χ2v) is 4.08. The van der Waals surface area contributed by atoms with Crippen LogP contribution in [-0.4, -0.2) is 12.9 Å². The zero-order valence-electron chi connectivity index (χ0n) is 9.25. The summed E-state index contributed by atoms with van der Waals surface area (Å²) >= 11 is 0. The van der Waals surface area contributed by atoms with Crippen LogP contribution in [0, 0.1) is 5.92 Å². The van der Waals surface area contributed by atoms with Gasteiger partial charge in [-0.15, -0.1) is 0 Å². The lowest BCUT2D eigenvalue weighted by Gasteiger charge is -2.03. The Kier molecular flexibility index (Phi) is 2.76. The molecule has 2 rings (SSSR count). The van der Waals surface area contributed by atoms with Gasteiger partial charge < -0.3 is 4.74 Å². The first-order chi connectivity index (χ1) is 7.26. The van der Waals surface area contributed by atoms with E-state index in [0.29, 0.717) is 5.78 Å². The molecular weight excluding hydrogens is 188 g/mol. The fraction of sp³-hybridized carbons (Fsp3) is 0.462. The maximum atomic E-state index is 11.9. The molecule has 2 nitrogen and oxygen atoms in total. The van der Waals surface area contributed by atoms with Gasteiger partial charge in [-0.05, 0) is 36.6 Å². The Labute approximate surface area is 90.3 Å². The van der Waals surface area contributed by atoms with Crippen molar-refractivity contribution in [1.29, 1.82) is 0 Å². The summed E-state index contributed by atoms with van der Waals surface area (Å²) in [4.78, 5) is 11.9. The zero-order valence-corrected chi connectivity index (χ0v) is 9.25. The average molecular weight is 204 g/mol. The van der Waals surface area contributed by atoms with Gasteiger partial charge in [0.05, 0.1) is 7.11 Å². The maximum absolute atomic E-state index is 11.9. The Morgan fingerprint density at radius 1 is 1.47 bits per heavy atom. The van der Waals surface area contributed by atoms with Crippen LogP contribution in [0.2, 0.25) is 0 Å². The number of carbonyl (C=O) groups excluding carboxylic acids is 1. The van der Waals surface area contributed by atoms with Crippen LogP contribution in [-0.2, 0) is 6.42 Å². The summed E-state index contributed by atoms with van der Waals surface area (Å²) in [7, 11) is 1.65. The van der Waals surface area contributed by atoms with Crippen LogP contribution >= 0.6 is 0 Å². The predicted octanol–water partition coefficient (Wildman–Crippen LogP) is 2.85. The molecule has 0 heterocycles. The third-order valence-electron chi connectivity index (χ3n) is 3.05. The monoisotopic (exact) mass is 204 g/mol. The molecule has 0 N–H and O–H groups in total. The minimum absolute atomic E-state index is 0.206. The minimum atomic E-state index is 0.206. The molecule has 1 aromatic carbocycles. The molecule has 0 radical (unpaired) electrons. The van der Waals surface area contributed by atoms with E-state index in [1.54, 1.807) is 7.11 Å². The zero-order chi connectivity index (χ0) is 10.8. The molecule has 0 amide bonds. The van der Waals surface area contributed by atoms with Gasteiger partial charge >= 0.3 is 0 Å². The van der Waals surface area contributed by atoms with Gasteiger partial charge in [0.1, 0.15) is 5.75 Å². The van der Waals surface area contributed by atoms with Gasteiger partial charge in [-0.3, -0.25) is 4.79 Å².